The molecule has 1 amide bonds. The van der Waals surface area contributed by atoms with E-state index in [9.17, 15) is 10.1 Å². The summed E-state index contributed by atoms with van der Waals surface area (Å²) in [5, 5.41) is 9.21. The first-order chi connectivity index (χ1) is 13.4. The Labute approximate surface area is 164 Å². The van der Waals surface area contributed by atoms with Gasteiger partial charge in [0.2, 0.25) is 11.8 Å². The molecule has 0 aliphatic carbocycles. The summed E-state index contributed by atoms with van der Waals surface area (Å²) in [4.78, 5) is 18.5. The number of rotatable bonds is 5. The summed E-state index contributed by atoms with van der Waals surface area (Å²) < 4.78 is 11.3. The number of anilines is 2. The van der Waals surface area contributed by atoms with Crippen LogP contribution in [-0.4, -0.2) is 24.6 Å². The number of allylic oxidation sites excluding steroid dienone is 1. The van der Waals surface area contributed by atoms with E-state index in [0.29, 0.717) is 47.2 Å². The Bertz CT molecular complexity index is 1020. The zero-order valence-corrected chi connectivity index (χ0v) is 16.4. The molecule has 0 bridgehead atoms. The van der Waals surface area contributed by atoms with Crippen LogP contribution >= 0.6 is 0 Å². The number of aromatic nitrogens is 1. The highest BCUT2D eigenvalue weighted by molar-refractivity contribution is 5.97. The van der Waals surface area contributed by atoms with Crippen molar-refractivity contribution in [3.63, 3.8) is 0 Å². The molecule has 2 heterocycles. The van der Waals surface area contributed by atoms with Gasteiger partial charge >= 0.3 is 0 Å². The van der Waals surface area contributed by atoms with Gasteiger partial charge in [0.05, 0.1) is 36.7 Å². The van der Waals surface area contributed by atoms with E-state index in [0.717, 1.165) is 16.8 Å². The lowest BCUT2D eigenvalue weighted by Gasteiger charge is -2.35. The number of nitrogens with zero attached hydrogens (tertiary/aromatic N) is 3. The third kappa shape index (κ3) is 3.14. The van der Waals surface area contributed by atoms with Crippen molar-refractivity contribution in [2.75, 3.05) is 18.6 Å². The Balaban J connectivity index is 2.33. The molecule has 7 heteroatoms. The molecule has 0 unspecified atom stereocenters. The quantitative estimate of drug-likeness (QED) is 0.858. The number of hydrogen-bond acceptors (Lipinski definition) is 6. The number of nitrogens with two attached hydrogens (primary N) is 1. The summed E-state index contributed by atoms with van der Waals surface area (Å²) in [6.07, 6.45) is 2.09. The Morgan fingerprint density at radius 3 is 2.75 bits per heavy atom. The minimum atomic E-state index is -0.496. The molecule has 0 spiro atoms. The maximum atomic E-state index is 12.2. The summed E-state index contributed by atoms with van der Waals surface area (Å²) in [5.41, 5.74) is 10.6. The molecule has 1 aliphatic rings. The topological polar surface area (TPSA) is 101 Å². The average Bonchev–Trinajstić information content (AvgIpc) is 2.69. The van der Waals surface area contributed by atoms with Gasteiger partial charge in [-0.05, 0) is 38.5 Å². The summed E-state index contributed by atoms with van der Waals surface area (Å²) >= 11 is 0. The fourth-order valence-corrected chi connectivity index (χ4v) is 3.47. The first-order valence-electron chi connectivity index (χ1n) is 8.92. The third-order valence-electron chi connectivity index (χ3n) is 4.77. The molecule has 2 aromatic rings. The number of benzene rings is 1. The lowest BCUT2D eigenvalue weighted by atomic mass is 9.93. The Hall–Kier alpha value is -3.53. The molecule has 1 aromatic carbocycles. The largest absolute Gasteiger partial charge is 0.495 e. The average molecular weight is 378 g/mol. The molecular formula is C21H22N4O3. The Kier molecular flexibility index (Phi) is 5.23. The lowest BCUT2D eigenvalue weighted by molar-refractivity contribution is -0.114. The van der Waals surface area contributed by atoms with Crippen molar-refractivity contribution in [2.45, 2.75) is 27.2 Å². The molecule has 0 saturated carbocycles. The van der Waals surface area contributed by atoms with Gasteiger partial charge in [-0.25, -0.2) is 4.98 Å². The molecule has 144 valence electrons. The van der Waals surface area contributed by atoms with Gasteiger partial charge in [0, 0.05) is 35.5 Å². The van der Waals surface area contributed by atoms with Gasteiger partial charge in [0.15, 0.2) is 0 Å². The highest BCUT2D eigenvalue weighted by atomic mass is 16.5. The maximum Gasteiger partial charge on any atom is 0.246 e. The highest BCUT2D eigenvalue weighted by Crippen LogP contribution is 2.46. The number of methoxy groups -OCH3 is 1. The molecule has 0 atom stereocenters. The second kappa shape index (κ2) is 7.61. The minimum Gasteiger partial charge on any atom is -0.495 e. The number of carbonyl (C=O) groups excluding carboxylic acids is 1. The minimum absolute atomic E-state index is 0.343. The number of primary amides is 1. The van der Waals surface area contributed by atoms with E-state index in [1.807, 2.05) is 25.7 Å². The van der Waals surface area contributed by atoms with Crippen LogP contribution in [-0.2, 0) is 11.2 Å². The number of fused-ring (bicyclic) bond motifs is 1. The number of ether oxygens (including phenoxy) is 2. The highest BCUT2D eigenvalue weighted by Gasteiger charge is 2.32. The van der Waals surface area contributed by atoms with Crippen molar-refractivity contribution in [1.29, 1.82) is 5.26 Å². The molecule has 28 heavy (non-hydrogen) atoms. The van der Waals surface area contributed by atoms with E-state index in [1.54, 1.807) is 31.5 Å². The van der Waals surface area contributed by atoms with Crippen LogP contribution in [0.5, 0.6) is 11.6 Å². The summed E-state index contributed by atoms with van der Waals surface area (Å²) in [6, 6.07) is 7.29. The Morgan fingerprint density at radius 1 is 1.39 bits per heavy atom. The molecule has 1 aliphatic heterocycles. The molecule has 1 aromatic heterocycles. The van der Waals surface area contributed by atoms with Gasteiger partial charge in [-0.2, -0.15) is 5.26 Å². The van der Waals surface area contributed by atoms with Crippen LogP contribution < -0.4 is 20.1 Å². The number of carbonyl (C=O) groups is 1. The van der Waals surface area contributed by atoms with E-state index in [2.05, 4.69) is 11.1 Å². The molecule has 2 N–H and O–H groups in total. The molecule has 0 saturated heterocycles. The van der Waals surface area contributed by atoms with Crippen molar-refractivity contribution in [3.8, 4) is 17.7 Å². The van der Waals surface area contributed by atoms with Gasteiger partial charge in [-0.1, -0.05) is 0 Å². The summed E-state index contributed by atoms with van der Waals surface area (Å²) in [5.74, 6) is 0.501. The standard InChI is InChI=1S/C21H22N4O3/c1-5-28-21-16-9-15(20(23)26)13(3)25(19(16)12(2)11-24-21)17-7-6-14(10-22)8-18(17)27-4/h6-8,11H,5,9H2,1-4H3,(H2,23,26). The monoisotopic (exact) mass is 378 g/mol. The first-order valence-corrected chi connectivity index (χ1v) is 8.92. The fourth-order valence-electron chi connectivity index (χ4n) is 3.47. The van der Waals surface area contributed by atoms with E-state index in [4.69, 9.17) is 15.2 Å². The van der Waals surface area contributed by atoms with Gasteiger partial charge < -0.3 is 20.1 Å². The third-order valence-corrected chi connectivity index (χ3v) is 4.77. The Morgan fingerprint density at radius 2 is 2.14 bits per heavy atom. The second-order valence-electron chi connectivity index (χ2n) is 6.45. The van der Waals surface area contributed by atoms with Crippen molar-refractivity contribution in [1.82, 2.24) is 4.98 Å². The fraction of sp³-hybridized carbons (Fsp3) is 0.286. The number of amides is 1. The van der Waals surface area contributed by atoms with Crippen LogP contribution in [0.3, 0.4) is 0 Å². The zero-order chi connectivity index (χ0) is 20.4. The number of aryl methyl sites for hydroxylation is 1. The predicted octanol–water partition coefficient (Wildman–Crippen LogP) is 3.12. The van der Waals surface area contributed by atoms with Crippen molar-refractivity contribution < 1.29 is 14.3 Å². The summed E-state index contributed by atoms with van der Waals surface area (Å²) in [7, 11) is 1.55. The van der Waals surface area contributed by atoms with E-state index >= 15 is 0 Å². The van der Waals surface area contributed by atoms with Crippen LogP contribution in [0.4, 0.5) is 11.4 Å². The van der Waals surface area contributed by atoms with Gasteiger partial charge in [0.25, 0.3) is 0 Å². The number of nitriles is 1. The SMILES string of the molecule is CCOc1ncc(C)c2c1CC(C(N)=O)=C(C)N2c1ccc(C#N)cc1OC. The van der Waals surface area contributed by atoms with Gasteiger partial charge in [-0.3, -0.25) is 4.79 Å². The van der Waals surface area contributed by atoms with Gasteiger partial charge in [0.1, 0.15) is 5.75 Å². The molecule has 0 radical (unpaired) electrons. The number of hydrogen-bond donors (Lipinski definition) is 1. The van der Waals surface area contributed by atoms with E-state index in [1.165, 1.54) is 0 Å². The van der Waals surface area contributed by atoms with Gasteiger partial charge in [-0.15, -0.1) is 0 Å². The predicted molar refractivity (Wildman–Crippen MR) is 106 cm³/mol. The van der Waals surface area contributed by atoms with E-state index < -0.39 is 5.91 Å². The smallest absolute Gasteiger partial charge is 0.246 e. The van der Waals surface area contributed by atoms with Crippen LogP contribution in [0.15, 0.2) is 35.7 Å². The summed E-state index contributed by atoms with van der Waals surface area (Å²) in [6.45, 7) is 6.14. The molecule has 0 fully saturated rings. The number of pyridine rings is 1. The zero-order valence-electron chi connectivity index (χ0n) is 16.4. The molecule has 7 nitrogen and oxygen atoms in total. The second-order valence-corrected chi connectivity index (χ2v) is 6.45. The van der Waals surface area contributed by atoms with Crippen LogP contribution in [0, 0.1) is 18.3 Å². The maximum absolute atomic E-state index is 12.2. The van der Waals surface area contributed by atoms with Crippen LogP contribution in [0.25, 0.3) is 0 Å². The molecular weight excluding hydrogens is 356 g/mol. The van der Waals surface area contributed by atoms with Crippen LogP contribution in [0.2, 0.25) is 0 Å². The lowest BCUT2D eigenvalue weighted by Crippen LogP contribution is -2.30. The van der Waals surface area contributed by atoms with Crippen molar-refractivity contribution in [3.05, 3.63) is 52.4 Å². The van der Waals surface area contributed by atoms with Crippen LogP contribution in [0.1, 0.15) is 30.5 Å². The van der Waals surface area contributed by atoms with Crippen molar-refractivity contribution >= 4 is 17.3 Å². The normalized spacial score (nSPS) is 13.0. The van der Waals surface area contributed by atoms with E-state index in [-0.39, 0.29) is 0 Å². The van der Waals surface area contributed by atoms with Crippen molar-refractivity contribution in [2.24, 2.45) is 5.73 Å². The first kappa shape index (κ1) is 19.2. The molecule has 3 rings (SSSR count).